The van der Waals surface area contributed by atoms with E-state index in [2.05, 4.69) is 17.0 Å². The van der Waals surface area contributed by atoms with Crippen LogP contribution in [-0.2, 0) is 6.18 Å². The third-order valence-corrected chi connectivity index (χ3v) is 3.12. The molecule has 0 fully saturated rings. The van der Waals surface area contributed by atoms with Crippen LogP contribution in [0.15, 0.2) is 29.6 Å². The molecule has 1 heterocycles. The highest BCUT2D eigenvalue weighted by Crippen LogP contribution is 2.41. The third-order valence-electron chi connectivity index (χ3n) is 3.12. The van der Waals surface area contributed by atoms with E-state index in [1.165, 1.54) is 5.01 Å². The van der Waals surface area contributed by atoms with Gasteiger partial charge in [0.1, 0.15) is 11.6 Å². The summed E-state index contributed by atoms with van der Waals surface area (Å²) in [6, 6.07) is 0.867. The Kier molecular flexibility index (Phi) is 3.69. The van der Waals surface area contributed by atoms with Crippen molar-refractivity contribution < 1.29 is 17.6 Å². The number of halogens is 4. The van der Waals surface area contributed by atoms with Crippen molar-refractivity contribution >= 4 is 11.4 Å². The minimum absolute atomic E-state index is 0.0145. The number of fused-ring (bicyclic) bond motifs is 1. The molecule has 3 nitrogen and oxygen atoms in total. The molecule has 1 aliphatic heterocycles. The Hall–Kier alpha value is -2.05. The van der Waals surface area contributed by atoms with Crippen molar-refractivity contribution in [2.75, 3.05) is 5.32 Å². The van der Waals surface area contributed by atoms with Crippen LogP contribution in [0.1, 0.15) is 37.9 Å². The fourth-order valence-corrected chi connectivity index (χ4v) is 2.18. The molecule has 21 heavy (non-hydrogen) atoms. The van der Waals surface area contributed by atoms with E-state index in [1.807, 2.05) is 0 Å². The highest BCUT2D eigenvalue weighted by molar-refractivity contribution is 5.79. The number of anilines is 1. The maximum atomic E-state index is 13.9. The van der Waals surface area contributed by atoms with Crippen molar-refractivity contribution in [3.63, 3.8) is 0 Å². The number of nitrogens with one attached hydrogen (secondary N) is 1. The summed E-state index contributed by atoms with van der Waals surface area (Å²) in [5.41, 5.74) is -0.0989. The van der Waals surface area contributed by atoms with E-state index in [4.69, 9.17) is 0 Å². The Morgan fingerprint density at radius 1 is 1.33 bits per heavy atom. The van der Waals surface area contributed by atoms with Crippen molar-refractivity contribution in [3.05, 3.63) is 41.5 Å². The summed E-state index contributed by atoms with van der Waals surface area (Å²) >= 11 is 0. The Morgan fingerprint density at radius 3 is 2.48 bits per heavy atom. The van der Waals surface area contributed by atoms with Gasteiger partial charge in [-0.15, -0.1) is 0 Å². The zero-order valence-corrected chi connectivity index (χ0v) is 11.8. The maximum Gasteiger partial charge on any atom is 0.416 e. The lowest BCUT2D eigenvalue weighted by Gasteiger charge is -2.36. The molecule has 0 spiro atoms. The smallest absolute Gasteiger partial charge is 0.338 e. The van der Waals surface area contributed by atoms with Crippen LogP contribution >= 0.6 is 0 Å². The molecule has 0 radical (unpaired) electrons. The lowest BCUT2D eigenvalue weighted by Crippen LogP contribution is -2.31. The normalized spacial score (nSPS) is 18.1. The van der Waals surface area contributed by atoms with Crippen molar-refractivity contribution in [3.8, 4) is 0 Å². The van der Waals surface area contributed by atoms with Gasteiger partial charge in [0.25, 0.3) is 0 Å². The van der Waals surface area contributed by atoms with E-state index in [9.17, 15) is 17.6 Å². The zero-order chi connectivity index (χ0) is 15.9. The highest BCUT2D eigenvalue weighted by Gasteiger charge is 2.35. The number of hydrogen-bond donors (Lipinski definition) is 1. The number of rotatable bonds is 1. The molecule has 1 aromatic rings. The fraction of sp³-hybridized carbons (Fsp3) is 0.357. The summed E-state index contributed by atoms with van der Waals surface area (Å²) in [6.45, 7) is 8.88. The van der Waals surface area contributed by atoms with Crippen molar-refractivity contribution in [1.82, 2.24) is 5.01 Å². The van der Waals surface area contributed by atoms with E-state index in [0.29, 0.717) is 17.6 Å². The van der Waals surface area contributed by atoms with Crippen LogP contribution in [0.3, 0.4) is 0 Å². The summed E-state index contributed by atoms with van der Waals surface area (Å²) in [5, 5.41) is 8.32. The van der Waals surface area contributed by atoms with Crippen molar-refractivity contribution in [1.29, 1.82) is 0 Å². The highest BCUT2D eigenvalue weighted by atomic mass is 19.4. The van der Waals surface area contributed by atoms with Crippen LogP contribution in [0.25, 0.3) is 0 Å². The molecule has 1 atom stereocenters. The summed E-state index contributed by atoms with van der Waals surface area (Å²) in [5.74, 6) is -0.639. The van der Waals surface area contributed by atoms with Gasteiger partial charge in [0, 0.05) is 11.3 Å². The van der Waals surface area contributed by atoms with Gasteiger partial charge >= 0.3 is 6.18 Å². The number of hydrogen-bond acceptors (Lipinski definition) is 3. The average Bonchev–Trinajstić information content (AvgIpc) is 2.34. The molecule has 7 heteroatoms. The SMILES string of the molecule is C=C1Nc2c(F)cc(C(F)(F)F)cc2C(C)N1N=C(C)C. The van der Waals surface area contributed by atoms with Gasteiger partial charge in [0.05, 0.1) is 17.3 Å². The van der Waals surface area contributed by atoms with E-state index < -0.39 is 23.6 Å². The summed E-state index contributed by atoms with van der Waals surface area (Å²) in [7, 11) is 0. The van der Waals surface area contributed by atoms with Gasteiger partial charge in [-0.1, -0.05) is 6.58 Å². The van der Waals surface area contributed by atoms with Crippen LogP contribution in [0.2, 0.25) is 0 Å². The maximum absolute atomic E-state index is 13.9. The van der Waals surface area contributed by atoms with Crippen LogP contribution in [0.4, 0.5) is 23.2 Å². The third kappa shape index (κ3) is 2.86. The molecule has 114 valence electrons. The molecule has 2 rings (SSSR count). The molecular weight excluding hydrogens is 286 g/mol. The number of alkyl halides is 3. The molecule has 0 bridgehead atoms. The topological polar surface area (TPSA) is 27.6 Å². The first-order valence-electron chi connectivity index (χ1n) is 6.29. The Morgan fingerprint density at radius 2 is 1.95 bits per heavy atom. The standard InChI is InChI=1S/C14H15F4N3/c1-7(2)20-21-8(3)11-5-10(14(16,17)18)6-12(15)13(11)19-9(21)4/h5-6,8,19H,4H2,1-3H3. The zero-order valence-electron chi connectivity index (χ0n) is 11.8. The number of hydrazone groups is 1. The minimum atomic E-state index is -4.60. The second-order valence-corrected chi connectivity index (χ2v) is 5.06. The predicted octanol–water partition coefficient (Wildman–Crippen LogP) is 4.50. The second kappa shape index (κ2) is 5.05. The van der Waals surface area contributed by atoms with Gasteiger partial charge in [-0.2, -0.15) is 18.3 Å². The molecule has 0 amide bonds. The number of nitrogens with zero attached hydrogens (tertiary/aromatic N) is 2. The minimum Gasteiger partial charge on any atom is -0.338 e. The van der Waals surface area contributed by atoms with Crippen molar-refractivity contribution in [2.45, 2.75) is 33.0 Å². The molecule has 1 aliphatic rings. The fourth-order valence-electron chi connectivity index (χ4n) is 2.18. The molecule has 1 unspecified atom stereocenters. The van der Waals surface area contributed by atoms with Gasteiger partial charge in [0.2, 0.25) is 0 Å². The molecule has 0 aromatic heterocycles. The Balaban J connectivity index is 2.57. The lowest BCUT2D eigenvalue weighted by molar-refractivity contribution is -0.137. The molecular formula is C14H15F4N3. The molecule has 0 saturated carbocycles. The van der Waals surface area contributed by atoms with Crippen molar-refractivity contribution in [2.24, 2.45) is 5.10 Å². The molecule has 1 aromatic carbocycles. The predicted molar refractivity (Wildman–Crippen MR) is 73.2 cm³/mol. The van der Waals surface area contributed by atoms with Crippen LogP contribution < -0.4 is 5.32 Å². The Bertz CT molecular complexity index is 615. The van der Waals surface area contributed by atoms with Gasteiger partial charge in [-0.3, -0.25) is 0 Å². The van der Waals surface area contributed by atoms with Crippen LogP contribution in [0.5, 0.6) is 0 Å². The van der Waals surface area contributed by atoms with Crippen LogP contribution in [0, 0.1) is 5.82 Å². The number of benzene rings is 1. The first-order chi connectivity index (χ1) is 9.61. The summed E-state index contributed by atoms with van der Waals surface area (Å²) in [4.78, 5) is 0. The molecule has 0 saturated heterocycles. The largest absolute Gasteiger partial charge is 0.416 e. The van der Waals surface area contributed by atoms with Gasteiger partial charge < -0.3 is 5.32 Å². The van der Waals surface area contributed by atoms with E-state index in [-0.39, 0.29) is 11.3 Å². The monoisotopic (exact) mass is 301 g/mol. The second-order valence-electron chi connectivity index (χ2n) is 5.06. The van der Waals surface area contributed by atoms with E-state index >= 15 is 0 Å². The van der Waals surface area contributed by atoms with E-state index in [0.717, 1.165) is 6.07 Å². The average molecular weight is 301 g/mol. The summed E-state index contributed by atoms with van der Waals surface area (Å²) < 4.78 is 52.3. The molecule has 1 N–H and O–H groups in total. The first kappa shape index (κ1) is 15.3. The quantitative estimate of drug-likeness (QED) is 0.611. The summed E-state index contributed by atoms with van der Waals surface area (Å²) in [6.07, 6.45) is -4.60. The van der Waals surface area contributed by atoms with Gasteiger partial charge in [0.15, 0.2) is 0 Å². The Labute approximate surface area is 119 Å². The lowest BCUT2D eigenvalue weighted by atomic mass is 9.99. The van der Waals surface area contributed by atoms with Crippen LogP contribution in [-0.4, -0.2) is 10.7 Å². The molecule has 0 aliphatic carbocycles. The first-order valence-corrected chi connectivity index (χ1v) is 6.29. The van der Waals surface area contributed by atoms with E-state index in [1.54, 1.807) is 20.8 Å². The van der Waals surface area contributed by atoms with Gasteiger partial charge in [-0.05, 0) is 32.9 Å². The van der Waals surface area contributed by atoms with Gasteiger partial charge in [-0.25, -0.2) is 9.40 Å².